The first-order valence-electron chi connectivity index (χ1n) is 18.1. The third-order valence-corrected chi connectivity index (χ3v) is 17.1. The van der Waals surface area contributed by atoms with Crippen molar-refractivity contribution in [1.82, 2.24) is 0 Å². The zero-order chi connectivity index (χ0) is 33.9. The maximum atomic E-state index is 2.43. The highest BCUT2D eigenvalue weighted by atomic mass is 32.1. The summed E-state index contributed by atoms with van der Waals surface area (Å²) in [6, 6.07) is 27.9. The number of unbranched alkanes of at least 4 members (excludes halogenated alkanes) is 6. The standard InChI is InChI=1S/C44H42S6/c1-3-5-7-9-11-29-13-17-31(18-14-29)21-23-33-25-37-41(45-33)43-39(47-37)27-35(49-43)36-28-40-44(50-36)42-38(48-40)26-34(46-42)24-22-32-19-15-30(16-20-32)12-10-8-6-4-2/h13-28H,3-12H2,1-2H3. The van der Waals surface area contributed by atoms with Gasteiger partial charge in [0, 0.05) is 38.3 Å². The Bertz CT molecular complexity index is 2220. The highest BCUT2D eigenvalue weighted by Crippen LogP contribution is 2.51. The Morgan fingerprint density at radius 2 is 0.800 bits per heavy atom. The smallest absolute Gasteiger partial charge is 0.0636 e. The van der Waals surface area contributed by atoms with Gasteiger partial charge in [0.25, 0.3) is 0 Å². The second-order valence-corrected chi connectivity index (χ2v) is 19.7. The molecular weight excluding hydrogens is 721 g/mol. The van der Waals surface area contributed by atoms with E-state index in [-0.39, 0.29) is 0 Å². The van der Waals surface area contributed by atoms with E-state index < -0.39 is 0 Å². The quantitative estimate of drug-likeness (QED) is 0.0913. The van der Waals surface area contributed by atoms with Gasteiger partial charge in [0.2, 0.25) is 0 Å². The minimum Gasteiger partial charge on any atom is -0.133 e. The van der Waals surface area contributed by atoms with Crippen LogP contribution in [0.2, 0.25) is 0 Å². The van der Waals surface area contributed by atoms with Gasteiger partial charge in [0.05, 0.1) is 18.8 Å². The molecule has 6 heteroatoms. The van der Waals surface area contributed by atoms with E-state index in [9.17, 15) is 0 Å². The van der Waals surface area contributed by atoms with Gasteiger partial charge in [0.15, 0.2) is 0 Å². The first-order valence-corrected chi connectivity index (χ1v) is 23.0. The Balaban J connectivity index is 0.947. The average molecular weight is 763 g/mol. The second kappa shape index (κ2) is 15.8. The molecule has 8 rings (SSSR count). The second-order valence-electron chi connectivity index (χ2n) is 13.3. The molecule has 0 unspecified atom stereocenters. The van der Waals surface area contributed by atoms with E-state index in [1.54, 1.807) is 0 Å². The third kappa shape index (κ3) is 7.67. The summed E-state index contributed by atoms with van der Waals surface area (Å²) in [4.78, 5) is 5.48. The van der Waals surface area contributed by atoms with E-state index in [2.05, 4.69) is 111 Å². The Morgan fingerprint density at radius 3 is 1.22 bits per heavy atom. The molecule has 0 amide bonds. The maximum absolute atomic E-state index is 2.43. The summed E-state index contributed by atoms with van der Waals surface area (Å²) in [6.45, 7) is 4.55. The normalized spacial score (nSPS) is 12.4. The van der Waals surface area contributed by atoms with Crippen LogP contribution in [-0.2, 0) is 12.8 Å². The van der Waals surface area contributed by atoms with Crippen LogP contribution in [0.1, 0.15) is 97.2 Å². The molecule has 0 nitrogen and oxygen atoms in total. The van der Waals surface area contributed by atoms with Crippen LogP contribution in [0.5, 0.6) is 0 Å². The Hall–Kier alpha value is -2.84. The van der Waals surface area contributed by atoms with Crippen LogP contribution < -0.4 is 0 Å². The van der Waals surface area contributed by atoms with E-state index in [0.29, 0.717) is 0 Å². The van der Waals surface area contributed by atoms with Crippen LogP contribution in [0, 0.1) is 0 Å². The summed E-state index contributed by atoms with van der Waals surface area (Å²) in [7, 11) is 0. The van der Waals surface area contributed by atoms with E-state index in [4.69, 9.17) is 0 Å². The molecule has 0 saturated heterocycles. The first kappa shape index (κ1) is 34.3. The minimum atomic E-state index is 1.19. The van der Waals surface area contributed by atoms with Crippen LogP contribution in [0.4, 0.5) is 0 Å². The SMILES string of the molecule is CCCCCCc1ccc(C=Cc2cc3sc4cc(-c5cc6sc7cc(C=Cc8ccc(CCCCCC)cc8)sc7c6s5)sc4c3s2)cc1. The number of hydrogen-bond donors (Lipinski definition) is 0. The van der Waals surface area contributed by atoms with Crippen molar-refractivity contribution < 1.29 is 0 Å². The summed E-state index contributed by atoms with van der Waals surface area (Å²) >= 11 is 11.7. The molecule has 0 aliphatic carbocycles. The summed E-state index contributed by atoms with van der Waals surface area (Å²) in [5, 5.41) is 0. The number of aryl methyl sites for hydroxylation is 2. The maximum Gasteiger partial charge on any atom is 0.0636 e. The third-order valence-electron chi connectivity index (χ3n) is 9.40. The zero-order valence-corrected chi connectivity index (χ0v) is 33.7. The molecule has 0 atom stereocenters. The number of benzene rings is 2. The number of rotatable bonds is 15. The van der Waals surface area contributed by atoms with Gasteiger partial charge in [-0.25, -0.2) is 0 Å². The van der Waals surface area contributed by atoms with Crippen molar-refractivity contribution >= 4 is 130 Å². The van der Waals surface area contributed by atoms with Crippen LogP contribution in [0.25, 0.3) is 71.7 Å². The molecular formula is C44H42S6. The fourth-order valence-corrected chi connectivity index (χ4v) is 14.5. The van der Waals surface area contributed by atoms with Gasteiger partial charge in [-0.3, -0.25) is 0 Å². The van der Waals surface area contributed by atoms with E-state index in [0.717, 1.165) is 0 Å². The molecule has 0 bridgehead atoms. The number of hydrogen-bond acceptors (Lipinski definition) is 6. The molecule has 0 fully saturated rings. The number of fused-ring (bicyclic) bond motifs is 6. The summed E-state index contributed by atoms with van der Waals surface area (Å²) in [5.74, 6) is 0. The molecule has 50 heavy (non-hydrogen) atoms. The molecule has 0 spiro atoms. The lowest BCUT2D eigenvalue weighted by atomic mass is 10.0. The van der Waals surface area contributed by atoms with Crippen molar-refractivity contribution in [1.29, 1.82) is 0 Å². The monoisotopic (exact) mass is 762 g/mol. The van der Waals surface area contributed by atoms with Crippen LogP contribution >= 0.6 is 68.0 Å². The molecule has 0 radical (unpaired) electrons. The Kier molecular flexibility index (Phi) is 10.8. The van der Waals surface area contributed by atoms with Crippen molar-refractivity contribution in [3.05, 3.63) is 105 Å². The van der Waals surface area contributed by atoms with Gasteiger partial charge >= 0.3 is 0 Å². The fourth-order valence-electron chi connectivity index (χ4n) is 6.57. The first-order chi connectivity index (χ1) is 24.6. The molecule has 0 aliphatic rings. The lowest BCUT2D eigenvalue weighted by molar-refractivity contribution is 0.667. The van der Waals surface area contributed by atoms with Gasteiger partial charge in [-0.2, -0.15) is 0 Å². The zero-order valence-electron chi connectivity index (χ0n) is 28.8. The van der Waals surface area contributed by atoms with Crippen LogP contribution in [-0.4, -0.2) is 0 Å². The van der Waals surface area contributed by atoms with Gasteiger partial charge in [-0.05, 0) is 84.4 Å². The molecule has 0 N–H and O–H groups in total. The molecule has 6 heterocycles. The van der Waals surface area contributed by atoms with Crippen LogP contribution in [0.15, 0.2) is 72.8 Å². The van der Waals surface area contributed by atoms with Crippen molar-refractivity contribution in [2.75, 3.05) is 0 Å². The minimum absolute atomic E-state index is 1.19. The largest absolute Gasteiger partial charge is 0.133 e. The molecule has 0 saturated carbocycles. The van der Waals surface area contributed by atoms with Crippen molar-refractivity contribution in [2.45, 2.75) is 78.1 Å². The highest BCUT2D eigenvalue weighted by Gasteiger charge is 2.17. The molecule has 2 aromatic carbocycles. The van der Waals surface area contributed by atoms with E-state index in [1.165, 1.54) is 144 Å². The Morgan fingerprint density at radius 1 is 0.400 bits per heavy atom. The van der Waals surface area contributed by atoms with Crippen LogP contribution in [0.3, 0.4) is 0 Å². The van der Waals surface area contributed by atoms with Crippen molar-refractivity contribution in [3.8, 4) is 9.75 Å². The van der Waals surface area contributed by atoms with Gasteiger partial charge in [-0.15, -0.1) is 68.0 Å². The Labute approximate surface area is 320 Å². The van der Waals surface area contributed by atoms with E-state index in [1.807, 2.05) is 68.0 Å². The predicted octanol–water partition coefficient (Wildman–Crippen LogP) is 16.9. The number of thiophene rings is 6. The summed E-state index contributed by atoms with van der Waals surface area (Å²) in [5.41, 5.74) is 5.47. The topological polar surface area (TPSA) is 0 Å². The molecule has 8 aromatic rings. The van der Waals surface area contributed by atoms with Gasteiger partial charge in [0.1, 0.15) is 0 Å². The van der Waals surface area contributed by atoms with Gasteiger partial charge < -0.3 is 0 Å². The molecule has 254 valence electrons. The molecule has 6 aromatic heterocycles. The molecule has 0 aliphatic heterocycles. The van der Waals surface area contributed by atoms with E-state index >= 15 is 0 Å². The lowest BCUT2D eigenvalue weighted by Gasteiger charge is -2.01. The predicted molar refractivity (Wildman–Crippen MR) is 236 cm³/mol. The summed E-state index contributed by atoms with van der Waals surface area (Å²) < 4.78 is 11.5. The van der Waals surface area contributed by atoms with Crippen molar-refractivity contribution in [3.63, 3.8) is 0 Å². The lowest BCUT2D eigenvalue weighted by Crippen LogP contribution is -1.85. The highest BCUT2D eigenvalue weighted by molar-refractivity contribution is 7.42. The summed E-state index contributed by atoms with van der Waals surface area (Å²) in [6.07, 6.45) is 22.1. The average Bonchev–Trinajstić information content (AvgIpc) is 3.97. The fraction of sp³-hybridized carbons (Fsp3) is 0.273. The van der Waals surface area contributed by atoms with Gasteiger partial charge in [-0.1, -0.05) is 113 Å². The van der Waals surface area contributed by atoms with Crippen molar-refractivity contribution in [2.24, 2.45) is 0 Å².